The summed E-state index contributed by atoms with van der Waals surface area (Å²) in [6.07, 6.45) is 2.01. The standard InChI is InChI=1S/C19H18N2O2S/c1-13-6-2-3-7-14(13)16-8-4-10-21(16)19(22)15-12-17(23-20-15)18-9-5-11-24-18/h2-3,5-7,9,11-12,16H,4,8,10H2,1H3/t16-/m0/s1. The fourth-order valence-corrected chi connectivity index (χ4v) is 4.03. The highest BCUT2D eigenvalue weighted by atomic mass is 32.1. The van der Waals surface area contributed by atoms with E-state index in [9.17, 15) is 4.79 Å². The van der Waals surface area contributed by atoms with E-state index in [0.717, 1.165) is 24.3 Å². The van der Waals surface area contributed by atoms with Crippen molar-refractivity contribution < 1.29 is 9.32 Å². The van der Waals surface area contributed by atoms with Gasteiger partial charge in [-0.3, -0.25) is 4.79 Å². The molecule has 0 N–H and O–H groups in total. The first-order valence-corrected chi connectivity index (χ1v) is 8.99. The van der Waals surface area contributed by atoms with Gasteiger partial charge in [-0.2, -0.15) is 0 Å². The molecule has 1 aromatic carbocycles. The average molecular weight is 338 g/mol. The first kappa shape index (κ1) is 15.1. The lowest BCUT2D eigenvalue weighted by atomic mass is 9.99. The van der Waals surface area contributed by atoms with Gasteiger partial charge in [0.1, 0.15) is 0 Å². The lowest BCUT2D eigenvalue weighted by Gasteiger charge is -2.25. The van der Waals surface area contributed by atoms with Crippen LogP contribution in [0.3, 0.4) is 0 Å². The summed E-state index contributed by atoms with van der Waals surface area (Å²) in [5.74, 6) is 0.604. The molecule has 3 aromatic rings. The number of hydrogen-bond donors (Lipinski definition) is 0. The largest absolute Gasteiger partial charge is 0.355 e. The van der Waals surface area contributed by atoms with Crippen LogP contribution in [0.2, 0.25) is 0 Å². The Morgan fingerprint density at radius 1 is 1.29 bits per heavy atom. The molecule has 0 spiro atoms. The summed E-state index contributed by atoms with van der Waals surface area (Å²) < 4.78 is 5.37. The monoisotopic (exact) mass is 338 g/mol. The van der Waals surface area contributed by atoms with Crippen LogP contribution in [-0.2, 0) is 0 Å². The van der Waals surface area contributed by atoms with Crippen molar-refractivity contribution in [2.45, 2.75) is 25.8 Å². The molecular weight excluding hydrogens is 320 g/mol. The molecule has 2 aromatic heterocycles. The van der Waals surface area contributed by atoms with Crippen molar-refractivity contribution >= 4 is 17.2 Å². The topological polar surface area (TPSA) is 46.3 Å². The van der Waals surface area contributed by atoms with Gasteiger partial charge >= 0.3 is 0 Å². The summed E-state index contributed by atoms with van der Waals surface area (Å²) >= 11 is 1.57. The maximum atomic E-state index is 12.9. The van der Waals surface area contributed by atoms with Crippen LogP contribution in [0.1, 0.15) is 40.5 Å². The molecule has 3 heterocycles. The van der Waals surface area contributed by atoms with E-state index in [0.29, 0.717) is 11.5 Å². The number of benzene rings is 1. The normalized spacial score (nSPS) is 17.4. The van der Waals surface area contributed by atoms with Crippen LogP contribution in [0.5, 0.6) is 0 Å². The van der Waals surface area contributed by atoms with Gasteiger partial charge in [-0.25, -0.2) is 0 Å². The number of thiophene rings is 1. The van der Waals surface area contributed by atoms with E-state index in [1.807, 2.05) is 34.5 Å². The van der Waals surface area contributed by atoms with Crippen molar-refractivity contribution in [3.8, 4) is 10.6 Å². The molecule has 0 unspecified atom stereocenters. The van der Waals surface area contributed by atoms with E-state index in [1.165, 1.54) is 11.1 Å². The third-order valence-corrected chi connectivity index (χ3v) is 5.44. The van der Waals surface area contributed by atoms with Crippen LogP contribution in [0.25, 0.3) is 10.6 Å². The van der Waals surface area contributed by atoms with Crippen LogP contribution in [0, 0.1) is 6.92 Å². The van der Waals surface area contributed by atoms with Crippen LogP contribution in [0.15, 0.2) is 52.4 Å². The van der Waals surface area contributed by atoms with E-state index < -0.39 is 0 Å². The molecular formula is C19H18N2O2S. The second kappa shape index (κ2) is 6.24. The minimum atomic E-state index is -0.0488. The maximum Gasteiger partial charge on any atom is 0.276 e. The van der Waals surface area contributed by atoms with E-state index in [4.69, 9.17) is 4.52 Å². The number of hydrogen-bond acceptors (Lipinski definition) is 4. The Balaban J connectivity index is 1.61. The third kappa shape index (κ3) is 2.65. The number of carbonyl (C=O) groups excluding carboxylic acids is 1. The summed E-state index contributed by atoms with van der Waals surface area (Å²) in [6.45, 7) is 2.86. The Bertz CT molecular complexity index is 854. The number of likely N-dealkylation sites (tertiary alicyclic amines) is 1. The molecule has 24 heavy (non-hydrogen) atoms. The fourth-order valence-electron chi connectivity index (χ4n) is 3.35. The third-order valence-electron chi connectivity index (χ3n) is 4.55. The summed E-state index contributed by atoms with van der Waals surface area (Å²) in [5, 5.41) is 5.99. The van der Waals surface area contributed by atoms with Crippen molar-refractivity contribution in [2.24, 2.45) is 0 Å². The van der Waals surface area contributed by atoms with Crippen molar-refractivity contribution in [3.05, 3.63) is 64.7 Å². The summed E-state index contributed by atoms with van der Waals surface area (Å²) in [5.41, 5.74) is 2.84. The van der Waals surface area contributed by atoms with Gasteiger partial charge in [0.15, 0.2) is 11.5 Å². The Hall–Kier alpha value is -2.40. The molecule has 1 atom stereocenters. The van der Waals surface area contributed by atoms with Gasteiger partial charge in [-0.05, 0) is 42.3 Å². The zero-order valence-electron chi connectivity index (χ0n) is 13.4. The van der Waals surface area contributed by atoms with Crippen molar-refractivity contribution in [3.63, 3.8) is 0 Å². The Labute approximate surface area is 144 Å². The zero-order valence-corrected chi connectivity index (χ0v) is 14.3. The Morgan fingerprint density at radius 2 is 2.17 bits per heavy atom. The first-order valence-electron chi connectivity index (χ1n) is 8.11. The van der Waals surface area contributed by atoms with Gasteiger partial charge < -0.3 is 9.42 Å². The summed E-state index contributed by atoms with van der Waals surface area (Å²) in [6, 6.07) is 14.1. The Morgan fingerprint density at radius 3 is 2.96 bits per heavy atom. The fraction of sp³-hybridized carbons (Fsp3) is 0.263. The number of carbonyl (C=O) groups is 1. The quantitative estimate of drug-likeness (QED) is 0.696. The van der Waals surface area contributed by atoms with Gasteiger partial charge in [0, 0.05) is 12.6 Å². The highest BCUT2D eigenvalue weighted by Crippen LogP contribution is 2.35. The molecule has 0 radical (unpaired) electrons. The van der Waals surface area contributed by atoms with Gasteiger partial charge in [-0.1, -0.05) is 35.5 Å². The van der Waals surface area contributed by atoms with Crippen molar-refractivity contribution in [2.75, 3.05) is 6.54 Å². The molecule has 1 aliphatic rings. The predicted molar refractivity (Wildman–Crippen MR) is 94.0 cm³/mol. The van der Waals surface area contributed by atoms with Crippen molar-refractivity contribution in [1.82, 2.24) is 10.1 Å². The maximum absolute atomic E-state index is 12.9. The van der Waals surface area contributed by atoms with E-state index >= 15 is 0 Å². The number of aryl methyl sites for hydroxylation is 1. The molecule has 1 amide bonds. The number of nitrogens with zero attached hydrogens (tertiary/aromatic N) is 2. The number of aromatic nitrogens is 1. The van der Waals surface area contributed by atoms with Gasteiger partial charge in [0.05, 0.1) is 10.9 Å². The highest BCUT2D eigenvalue weighted by molar-refractivity contribution is 7.13. The number of rotatable bonds is 3. The molecule has 4 rings (SSSR count). The summed E-state index contributed by atoms with van der Waals surface area (Å²) in [7, 11) is 0. The van der Waals surface area contributed by atoms with Gasteiger partial charge in [0.25, 0.3) is 5.91 Å². The minimum Gasteiger partial charge on any atom is -0.355 e. The smallest absolute Gasteiger partial charge is 0.276 e. The molecule has 122 valence electrons. The lowest BCUT2D eigenvalue weighted by molar-refractivity contribution is 0.0725. The Kier molecular flexibility index (Phi) is 3.94. The average Bonchev–Trinajstić information content (AvgIpc) is 3.34. The van der Waals surface area contributed by atoms with E-state index in [2.05, 4.69) is 24.2 Å². The van der Waals surface area contributed by atoms with Crippen LogP contribution < -0.4 is 0 Å². The van der Waals surface area contributed by atoms with Crippen LogP contribution in [-0.4, -0.2) is 22.5 Å². The molecule has 1 fully saturated rings. The molecule has 5 heteroatoms. The molecule has 1 saturated heterocycles. The van der Waals surface area contributed by atoms with E-state index in [-0.39, 0.29) is 11.9 Å². The molecule has 4 nitrogen and oxygen atoms in total. The van der Waals surface area contributed by atoms with Crippen LogP contribution >= 0.6 is 11.3 Å². The minimum absolute atomic E-state index is 0.0488. The first-order chi connectivity index (χ1) is 11.7. The van der Waals surface area contributed by atoms with Gasteiger partial charge in [0.2, 0.25) is 0 Å². The lowest BCUT2D eigenvalue weighted by Crippen LogP contribution is -2.31. The molecule has 0 bridgehead atoms. The van der Waals surface area contributed by atoms with E-state index in [1.54, 1.807) is 17.4 Å². The zero-order chi connectivity index (χ0) is 16.5. The second-order valence-electron chi connectivity index (χ2n) is 6.07. The molecule has 0 aliphatic carbocycles. The van der Waals surface area contributed by atoms with Crippen molar-refractivity contribution in [1.29, 1.82) is 0 Å². The predicted octanol–water partition coefficient (Wildman–Crippen LogP) is 4.69. The SMILES string of the molecule is Cc1ccccc1[C@@H]1CCCN1C(=O)c1cc(-c2cccs2)on1. The van der Waals surface area contributed by atoms with Crippen LogP contribution in [0.4, 0.5) is 0 Å². The highest BCUT2D eigenvalue weighted by Gasteiger charge is 2.32. The van der Waals surface area contributed by atoms with Gasteiger partial charge in [-0.15, -0.1) is 11.3 Å². The second-order valence-corrected chi connectivity index (χ2v) is 7.01. The number of amides is 1. The molecule has 1 aliphatic heterocycles. The molecule has 0 saturated carbocycles. The summed E-state index contributed by atoms with van der Waals surface area (Å²) in [4.78, 5) is 15.8.